The fourth-order valence-corrected chi connectivity index (χ4v) is 3.13. The molecule has 2 unspecified atom stereocenters. The van der Waals surface area contributed by atoms with E-state index in [1.807, 2.05) is 0 Å². The Bertz CT molecular complexity index is 490. The highest BCUT2D eigenvalue weighted by Crippen LogP contribution is 2.40. The van der Waals surface area contributed by atoms with Gasteiger partial charge in [0, 0.05) is 6.04 Å². The number of nitrogens with one attached hydrogen (secondary N) is 1. The molecule has 0 bridgehead atoms. The van der Waals surface area contributed by atoms with Crippen LogP contribution in [0.2, 0.25) is 15.1 Å². The summed E-state index contributed by atoms with van der Waals surface area (Å²) in [5.41, 5.74) is 0.391. The van der Waals surface area contributed by atoms with Crippen molar-refractivity contribution < 1.29 is 13.2 Å². The van der Waals surface area contributed by atoms with Gasteiger partial charge in [-0.15, -0.1) is 0 Å². The summed E-state index contributed by atoms with van der Waals surface area (Å²) in [5, 5.41) is 3.69. The number of hydrogen-bond donors (Lipinski definition) is 1. The molecule has 2 rings (SSSR count). The summed E-state index contributed by atoms with van der Waals surface area (Å²) in [7, 11) is 0. The molecule has 0 aliphatic heterocycles. The summed E-state index contributed by atoms with van der Waals surface area (Å²) < 4.78 is 39.1. The molecule has 1 aliphatic rings. The van der Waals surface area contributed by atoms with Crippen molar-refractivity contribution in [2.75, 3.05) is 5.32 Å². The molecule has 0 aromatic heterocycles. The van der Waals surface area contributed by atoms with Gasteiger partial charge in [0.15, 0.2) is 0 Å². The van der Waals surface area contributed by atoms with Crippen molar-refractivity contribution in [1.29, 1.82) is 0 Å². The number of halogens is 6. The molecule has 1 aliphatic carbocycles. The zero-order valence-corrected chi connectivity index (χ0v) is 12.7. The van der Waals surface area contributed by atoms with Crippen molar-refractivity contribution in [3.63, 3.8) is 0 Å². The SMILES string of the molecule is FC(F)(F)C1CCCCC1Nc1cc(Cl)c(Cl)cc1Cl. The Balaban J connectivity index is 2.21. The summed E-state index contributed by atoms with van der Waals surface area (Å²) in [6.45, 7) is 0. The van der Waals surface area contributed by atoms with Crippen LogP contribution in [0.15, 0.2) is 12.1 Å². The molecule has 7 heteroatoms. The highest BCUT2D eigenvalue weighted by atomic mass is 35.5. The van der Waals surface area contributed by atoms with Crippen LogP contribution in [0.4, 0.5) is 18.9 Å². The van der Waals surface area contributed by atoms with Gasteiger partial charge in [0.05, 0.1) is 26.7 Å². The minimum Gasteiger partial charge on any atom is -0.380 e. The first-order chi connectivity index (χ1) is 9.29. The molecule has 1 aromatic rings. The number of hydrogen-bond acceptors (Lipinski definition) is 1. The molecular formula is C13H13Cl3F3N. The average molecular weight is 347 g/mol. The van der Waals surface area contributed by atoms with Gasteiger partial charge in [-0.05, 0) is 25.0 Å². The average Bonchev–Trinajstić information content (AvgIpc) is 2.35. The van der Waals surface area contributed by atoms with E-state index in [-0.39, 0.29) is 21.5 Å². The van der Waals surface area contributed by atoms with Crippen LogP contribution in [-0.4, -0.2) is 12.2 Å². The minimum atomic E-state index is -4.21. The predicted octanol–water partition coefficient (Wildman–Crippen LogP) is 6.18. The van der Waals surface area contributed by atoms with E-state index in [9.17, 15) is 13.2 Å². The maximum atomic E-state index is 13.0. The fraction of sp³-hybridized carbons (Fsp3) is 0.538. The van der Waals surface area contributed by atoms with Gasteiger partial charge in [-0.2, -0.15) is 13.2 Å². The zero-order chi connectivity index (χ0) is 14.9. The first-order valence-corrected chi connectivity index (χ1v) is 7.40. The fourth-order valence-electron chi connectivity index (χ4n) is 2.53. The van der Waals surface area contributed by atoms with E-state index in [0.29, 0.717) is 18.5 Å². The van der Waals surface area contributed by atoms with Gasteiger partial charge in [0.2, 0.25) is 0 Å². The molecule has 1 nitrogen and oxygen atoms in total. The topological polar surface area (TPSA) is 12.0 Å². The maximum absolute atomic E-state index is 13.0. The third kappa shape index (κ3) is 3.66. The molecule has 0 saturated heterocycles. The van der Waals surface area contributed by atoms with Crippen molar-refractivity contribution in [2.45, 2.75) is 37.9 Å². The number of rotatable bonds is 2. The normalized spacial score (nSPS) is 23.7. The molecule has 1 fully saturated rings. The first-order valence-electron chi connectivity index (χ1n) is 6.27. The quantitative estimate of drug-likeness (QED) is 0.630. The van der Waals surface area contributed by atoms with Crippen LogP contribution in [0, 0.1) is 5.92 Å². The zero-order valence-electron chi connectivity index (χ0n) is 10.4. The van der Waals surface area contributed by atoms with Gasteiger partial charge < -0.3 is 5.32 Å². The Kier molecular flexibility index (Phi) is 4.98. The van der Waals surface area contributed by atoms with E-state index in [1.165, 1.54) is 12.1 Å². The molecule has 1 aromatic carbocycles. The minimum absolute atomic E-state index is 0.139. The first kappa shape index (κ1) is 16.1. The number of alkyl halides is 3. The van der Waals surface area contributed by atoms with Crippen LogP contribution in [0.3, 0.4) is 0 Å². The van der Waals surface area contributed by atoms with Crippen LogP contribution in [0.5, 0.6) is 0 Å². The van der Waals surface area contributed by atoms with E-state index < -0.39 is 18.1 Å². The van der Waals surface area contributed by atoms with Crippen molar-refractivity contribution in [1.82, 2.24) is 0 Å². The van der Waals surface area contributed by atoms with Gasteiger partial charge in [0.1, 0.15) is 0 Å². The van der Waals surface area contributed by atoms with E-state index in [0.717, 1.165) is 6.42 Å². The third-order valence-electron chi connectivity index (χ3n) is 3.54. The van der Waals surface area contributed by atoms with E-state index in [4.69, 9.17) is 34.8 Å². The smallest absolute Gasteiger partial charge is 0.380 e. The van der Waals surface area contributed by atoms with Gasteiger partial charge in [-0.3, -0.25) is 0 Å². The van der Waals surface area contributed by atoms with Crippen LogP contribution in [0.1, 0.15) is 25.7 Å². The number of anilines is 1. The summed E-state index contributed by atoms with van der Waals surface area (Å²) >= 11 is 17.7. The lowest BCUT2D eigenvalue weighted by molar-refractivity contribution is -0.184. The van der Waals surface area contributed by atoms with Gasteiger partial charge in [0.25, 0.3) is 0 Å². The Morgan fingerprint density at radius 3 is 2.20 bits per heavy atom. The molecule has 0 spiro atoms. The molecule has 0 amide bonds. The highest BCUT2D eigenvalue weighted by Gasteiger charge is 2.45. The molecule has 1 N–H and O–H groups in total. The van der Waals surface area contributed by atoms with Crippen molar-refractivity contribution >= 4 is 40.5 Å². The highest BCUT2D eigenvalue weighted by molar-refractivity contribution is 6.44. The van der Waals surface area contributed by atoms with Gasteiger partial charge >= 0.3 is 6.18 Å². The number of benzene rings is 1. The Labute approximate surface area is 130 Å². The second kappa shape index (κ2) is 6.20. The summed E-state index contributed by atoms with van der Waals surface area (Å²) in [6.07, 6.45) is -2.25. The lowest BCUT2D eigenvalue weighted by atomic mass is 9.84. The van der Waals surface area contributed by atoms with E-state index >= 15 is 0 Å². The monoisotopic (exact) mass is 345 g/mol. The molecule has 0 heterocycles. The Morgan fingerprint density at radius 1 is 0.950 bits per heavy atom. The standard InChI is InChI=1S/C13H13Cl3F3N/c14-8-5-10(16)12(6-9(8)15)20-11-4-2-1-3-7(11)13(17,18)19/h5-7,11,20H,1-4H2. The third-order valence-corrected chi connectivity index (χ3v) is 4.57. The van der Waals surface area contributed by atoms with Crippen molar-refractivity contribution in [2.24, 2.45) is 5.92 Å². The van der Waals surface area contributed by atoms with E-state index in [2.05, 4.69) is 5.32 Å². The van der Waals surface area contributed by atoms with Gasteiger partial charge in [-0.25, -0.2) is 0 Å². The maximum Gasteiger partial charge on any atom is 0.393 e. The summed E-state index contributed by atoms with van der Waals surface area (Å²) in [6, 6.07) is 2.21. The lowest BCUT2D eigenvalue weighted by Gasteiger charge is -2.34. The molecule has 2 atom stereocenters. The Morgan fingerprint density at radius 2 is 1.55 bits per heavy atom. The molecule has 112 valence electrons. The van der Waals surface area contributed by atoms with Crippen LogP contribution in [0.25, 0.3) is 0 Å². The van der Waals surface area contributed by atoms with Crippen molar-refractivity contribution in [3.05, 3.63) is 27.2 Å². The van der Waals surface area contributed by atoms with Crippen molar-refractivity contribution in [3.8, 4) is 0 Å². The van der Waals surface area contributed by atoms with Crippen LogP contribution < -0.4 is 5.32 Å². The van der Waals surface area contributed by atoms with Gasteiger partial charge in [-0.1, -0.05) is 47.6 Å². The van der Waals surface area contributed by atoms with E-state index in [1.54, 1.807) is 0 Å². The largest absolute Gasteiger partial charge is 0.393 e. The summed E-state index contributed by atoms with van der Waals surface area (Å²) in [4.78, 5) is 0. The second-order valence-electron chi connectivity index (χ2n) is 4.93. The predicted molar refractivity (Wildman–Crippen MR) is 76.9 cm³/mol. The molecule has 0 radical (unpaired) electrons. The molecular weight excluding hydrogens is 334 g/mol. The summed E-state index contributed by atoms with van der Waals surface area (Å²) in [5.74, 6) is -1.36. The Hall–Kier alpha value is -0.320. The van der Waals surface area contributed by atoms with Crippen LogP contribution >= 0.6 is 34.8 Å². The molecule has 20 heavy (non-hydrogen) atoms. The lowest BCUT2D eigenvalue weighted by Crippen LogP contribution is -2.41. The van der Waals surface area contributed by atoms with Crippen LogP contribution in [-0.2, 0) is 0 Å². The molecule has 1 saturated carbocycles. The second-order valence-corrected chi connectivity index (χ2v) is 6.15.